The molecule has 88 valence electrons. The van der Waals surface area contributed by atoms with Crippen molar-refractivity contribution in [2.24, 2.45) is 17.3 Å². The minimum absolute atomic E-state index is 0.226. The van der Waals surface area contributed by atoms with Crippen molar-refractivity contribution < 1.29 is 4.79 Å². The molecule has 2 aliphatic carbocycles. The Kier molecular flexibility index (Phi) is 2.81. The molecule has 0 saturated heterocycles. The number of carbonyl (C=O) groups excluding carboxylic acids is 1. The maximum Gasteiger partial charge on any atom is 0.181 e. The van der Waals surface area contributed by atoms with Crippen molar-refractivity contribution in [1.82, 2.24) is 0 Å². The highest BCUT2D eigenvalue weighted by atomic mass is 16.1. The SMILES string of the molecule is C/C1=C2\CC(C)(C)C2CCC(C)/C=C\C1=O. The van der Waals surface area contributed by atoms with E-state index in [1.54, 1.807) is 6.08 Å². The molecule has 0 aromatic heterocycles. The van der Waals surface area contributed by atoms with Gasteiger partial charge in [-0.2, -0.15) is 0 Å². The summed E-state index contributed by atoms with van der Waals surface area (Å²) in [5, 5.41) is 0. The van der Waals surface area contributed by atoms with Crippen LogP contribution in [0.3, 0.4) is 0 Å². The normalized spacial score (nSPS) is 40.1. The Balaban J connectivity index is 2.32. The summed E-state index contributed by atoms with van der Waals surface area (Å²) in [4.78, 5) is 11.9. The first-order valence-corrected chi connectivity index (χ1v) is 6.34. The first-order valence-electron chi connectivity index (χ1n) is 6.34. The number of hydrogen-bond acceptors (Lipinski definition) is 1. The quantitative estimate of drug-likeness (QED) is 0.602. The van der Waals surface area contributed by atoms with E-state index >= 15 is 0 Å². The first-order chi connectivity index (χ1) is 7.42. The van der Waals surface area contributed by atoms with Crippen LogP contribution < -0.4 is 0 Å². The van der Waals surface area contributed by atoms with E-state index in [-0.39, 0.29) is 5.78 Å². The summed E-state index contributed by atoms with van der Waals surface area (Å²) in [6.45, 7) is 8.86. The van der Waals surface area contributed by atoms with Gasteiger partial charge in [0.1, 0.15) is 0 Å². The van der Waals surface area contributed by atoms with Crippen LogP contribution in [0.15, 0.2) is 23.3 Å². The highest BCUT2D eigenvalue weighted by Gasteiger charge is 2.44. The zero-order valence-corrected chi connectivity index (χ0v) is 10.8. The van der Waals surface area contributed by atoms with Gasteiger partial charge in [-0.3, -0.25) is 4.79 Å². The van der Waals surface area contributed by atoms with E-state index < -0.39 is 0 Å². The largest absolute Gasteiger partial charge is 0.290 e. The minimum atomic E-state index is 0.226. The van der Waals surface area contributed by atoms with Crippen molar-refractivity contribution in [3.8, 4) is 0 Å². The Morgan fingerprint density at radius 3 is 2.62 bits per heavy atom. The highest BCUT2D eigenvalue weighted by molar-refractivity contribution is 6.04. The molecule has 16 heavy (non-hydrogen) atoms. The van der Waals surface area contributed by atoms with E-state index in [4.69, 9.17) is 0 Å². The van der Waals surface area contributed by atoms with Crippen molar-refractivity contribution in [1.29, 1.82) is 0 Å². The number of carbonyl (C=O) groups is 1. The third kappa shape index (κ3) is 1.88. The average molecular weight is 218 g/mol. The van der Waals surface area contributed by atoms with Gasteiger partial charge < -0.3 is 0 Å². The molecule has 1 fully saturated rings. The minimum Gasteiger partial charge on any atom is -0.290 e. The summed E-state index contributed by atoms with van der Waals surface area (Å²) < 4.78 is 0. The topological polar surface area (TPSA) is 17.1 Å². The van der Waals surface area contributed by atoms with Gasteiger partial charge in [0.2, 0.25) is 0 Å². The number of rotatable bonds is 0. The third-order valence-corrected chi connectivity index (χ3v) is 4.35. The summed E-state index contributed by atoms with van der Waals surface area (Å²) in [5.74, 6) is 1.40. The van der Waals surface area contributed by atoms with E-state index in [0.29, 0.717) is 17.3 Å². The van der Waals surface area contributed by atoms with Crippen LogP contribution in [-0.2, 0) is 4.79 Å². The van der Waals surface area contributed by atoms with Gasteiger partial charge >= 0.3 is 0 Å². The van der Waals surface area contributed by atoms with Gasteiger partial charge in [-0.25, -0.2) is 0 Å². The molecule has 2 unspecified atom stereocenters. The molecule has 2 atom stereocenters. The summed E-state index contributed by atoms with van der Waals surface area (Å²) in [6.07, 6.45) is 7.40. The third-order valence-electron chi connectivity index (χ3n) is 4.35. The summed E-state index contributed by atoms with van der Waals surface area (Å²) in [6, 6.07) is 0. The van der Waals surface area contributed by atoms with Crippen molar-refractivity contribution in [3.05, 3.63) is 23.3 Å². The molecule has 2 rings (SSSR count). The smallest absolute Gasteiger partial charge is 0.181 e. The zero-order valence-electron chi connectivity index (χ0n) is 10.8. The molecule has 1 heteroatoms. The van der Waals surface area contributed by atoms with E-state index in [9.17, 15) is 4.79 Å². The lowest BCUT2D eigenvalue weighted by atomic mass is 9.56. The maximum absolute atomic E-state index is 11.9. The first kappa shape index (κ1) is 11.6. The van der Waals surface area contributed by atoms with Gasteiger partial charge in [0.25, 0.3) is 0 Å². The van der Waals surface area contributed by atoms with Crippen LogP contribution in [0.5, 0.6) is 0 Å². The van der Waals surface area contributed by atoms with Crippen LogP contribution in [0.4, 0.5) is 0 Å². The fourth-order valence-corrected chi connectivity index (χ4v) is 3.10. The van der Waals surface area contributed by atoms with E-state index in [0.717, 1.165) is 12.0 Å². The molecule has 0 aromatic rings. The average Bonchev–Trinajstić information content (AvgIpc) is 2.24. The standard InChI is InChI=1S/C15H22O/c1-10-5-7-13-12(9-15(13,3)4)11(2)14(16)8-6-10/h6,8,10,13H,5,7,9H2,1-4H3/b8-6-,12-11-. The van der Waals surface area contributed by atoms with Crippen molar-refractivity contribution >= 4 is 5.78 Å². The fraction of sp³-hybridized carbons (Fsp3) is 0.667. The Hall–Kier alpha value is -0.850. The van der Waals surface area contributed by atoms with E-state index in [2.05, 4.69) is 26.8 Å². The summed E-state index contributed by atoms with van der Waals surface area (Å²) >= 11 is 0. The molecule has 0 heterocycles. The molecule has 1 nitrogen and oxygen atoms in total. The van der Waals surface area contributed by atoms with Crippen LogP contribution in [0.1, 0.15) is 47.0 Å². The van der Waals surface area contributed by atoms with Gasteiger partial charge in [-0.05, 0) is 55.1 Å². The highest BCUT2D eigenvalue weighted by Crippen LogP contribution is 2.54. The molecule has 2 aliphatic rings. The fourth-order valence-electron chi connectivity index (χ4n) is 3.10. The van der Waals surface area contributed by atoms with Crippen molar-refractivity contribution in [2.45, 2.75) is 47.0 Å². The van der Waals surface area contributed by atoms with Crippen LogP contribution in [0.25, 0.3) is 0 Å². The molecule has 0 bridgehead atoms. The van der Waals surface area contributed by atoms with Gasteiger partial charge in [-0.15, -0.1) is 0 Å². The second-order valence-corrected chi connectivity index (χ2v) is 6.15. The Morgan fingerprint density at radius 2 is 2.00 bits per heavy atom. The molecule has 0 radical (unpaired) electrons. The summed E-state index contributed by atoms with van der Waals surface area (Å²) in [5.41, 5.74) is 2.84. The van der Waals surface area contributed by atoms with E-state index in [1.165, 1.54) is 18.4 Å². The molecule has 0 aliphatic heterocycles. The lowest BCUT2D eigenvalue weighted by Gasteiger charge is -2.48. The lowest BCUT2D eigenvalue weighted by molar-refractivity contribution is -0.111. The predicted octanol–water partition coefficient (Wildman–Crippen LogP) is 3.90. The maximum atomic E-state index is 11.9. The summed E-state index contributed by atoms with van der Waals surface area (Å²) in [7, 11) is 0. The van der Waals surface area contributed by atoms with Gasteiger partial charge in [0.05, 0.1) is 0 Å². The lowest BCUT2D eigenvalue weighted by Crippen LogP contribution is -2.38. The molecule has 0 spiro atoms. The number of hydrogen-bond donors (Lipinski definition) is 0. The zero-order chi connectivity index (χ0) is 11.9. The second kappa shape index (κ2) is 3.87. The van der Waals surface area contributed by atoms with Crippen LogP contribution in [0.2, 0.25) is 0 Å². The molecule has 0 aromatic carbocycles. The van der Waals surface area contributed by atoms with Crippen molar-refractivity contribution in [3.63, 3.8) is 0 Å². The van der Waals surface area contributed by atoms with E-state index in [1.807, 2.05) is 6.92 Å². The Labute approximate surface area is 98.6 Å². The predicted molar refractivity (Wildman–Crippen MR) is 67.1 cm³/mol. The Bertz CT molecular complexity index is 371. The van der Waals surface area contributed by atoms with Gasteiger partial charge in [0, 0.05) is 0 Å². The number of ketones is 1. The van der Waals surface area contributed by atoms with Crippen molar-refractivity contribution in [2.75, 3.05) is 0 Å². The van der Waals surface area contributed by atoms with Gasteiger partial charge in [0.15, 0.2) is 5.78 Å². The van der Waals surface area contributed by atoms with Gasteiger partial charge in [-0.1, -0.05) is 32.4 Å². The molecular weight excluding hydrogens is 196 g/mol. The van der Waals surface area contributed by atoms with Crippen LogP contribution in [0, 0.1) is 17.3 Å². The monoisotopic (exact) mass is 218 g/mol. The number of fused-ring (bicyclic) bond motifs is 1. The number of allylic oxidation sites excluding steroid dienone is 4. The second-order valence-electron chi connectivity index (χ2n) is 6.15. The Morgan fingerprint density at radius 1 is 1.31 bits per heavy atom. The van der Waals surface area contributed by atoms with Crippen LogP contribution >= 0.6 is 0 Å². The van der Waals surface area contributed by atoms with Crippen LogP contribution in [-0.4, -0.2) is 5.78 Å². The molecule has 0 N–H and O–H groups in total. The molecular formula is C15H22O. The molecule has 1 saturated carbocycles. The molecule has 0 amide bonds.